The molecule has 0 unspecified atom stereocenters. The van der Waals surface area contributed by atoms with Gasteiger partial charge in [0.15, 0.2) is 0 Å². The molecule has 1 aromatic carbocycles. The van der Waals surface area contributed by atoms with Crippen molar-refractivity contribution in [3.05, 3.63) is 30.3 Å². The fourth-order valence-electron chi connectivity index (χ4n) is 2.09. The quantitative estimate of drug-likeness (QED) is 0.812. The number of carbonyl (C=O) groups is 1. The van der Waals surface area contributed by atoms with E-state index in [1.54, 1.807) is 0 Å². The largest absolute Gasteiger partial charge is 0.467 e. The fraction of sp³-hybridized carbons (Fsp3) is 0.462. The monoisotopic (exact) mass is 235 g/mol. The van der Waals surface area contributed by atoms with Crippen LogP contribution in [0.2, 0.25) is 0 Å². The second-order valence-electron chi connectivity index (χ2n) is 4.18. The van der Waals surface area contributed by atoms with Gasteiger partial charge in [0.2, 0.25) is 0 Å². The van der Waals surface area contributed by atoms with Crippen LogP contribution in [-0.4, -0.2) is 31.8 Å². The zero-order chi connectivity index (χ0) is 12.1. The number of hydrogen-bond acceptors (Lipinski definition) is 4. The first-order valence-electron chi connectivity index (χ1n) is 5.76. The number of esters is 1. The Morgan fingerprint density at radius 1 is 1.29 bits per heavy atom. The van der Waals surface area contributed by atoms with Crippen molar-refractivity contribution in [2.24, 2.45) is 0 Å². The molecular weight excluding hydrogens is 218 g/mol. The van der Waals surface area contributed by atoms with Gasteiger partial charge >= 0.3 is 5.97 Å². The van der Waals surface area contributed by atoms with Crippen LogP contribution in [0.5, 0.6) is 0 Å². The van der Waals surface area contributed by atoms with E-state index >= 15 is 0 Å². The van der Waals surface area contributed by atoms with Crippen LogP contribution in [0.25, 0.3) is 0 Å². The number of ether oxygens (including phenoxy) is 2. The van der Waals surface area contributed by atoms with Gasteiger partial charge in [-0.2, -0.15) is 0 Å². The molecule has 1 saturated heterocycles. The molecule has 0 radical (unpaired) electrons. The molecule has 0 amide bonds. The van der Waals surface area contributed by atoms with Gasteiger partial charge in [0.25, 0.3) is 0 Å². The maximum Gasteiger partial charge on any atom is 0.331 e. The highest BCUT2D eigenvalue weighted by molar-refractivity contribution is 5.84. The normalized spacial score (nSPS) is 18.4. The van der Waals surface area contributed by atoms with Crippen LogP contribution in [-0.2, 0) is 14.3 Å². The molecule has 4 nitrogen and oxygen atoms in total. The van der Waals surface area contributed by atoms with Gasteiger partial charge in [0.1, 0.15) is 5.54 Å². The third kappa shape index (κ3) is 2.58. The van der Waals surface area contributed by atoms with E-state index in [4.69, 9.17) is 9.47 Å². The lowest BCUT2D eigenvalue weighted by atomic mass is 9.89. The van der Waals surface area contributed by atoms with Crippen molar-refractivity contribution in [3.63, 3.8) is 0 Å². The van der Waals surface area contributed by atoms with E-state index in [1.807, 2.05) is 30.3 Å². The maximum absolute atomic E-state index is 12.0. The van der Waals surface area contributed by atoms with Gasteiger partial charge in [-0.15, -0.1) is 0 Å². The van der Waals surface area contributed by atoms with Crippen molar-refractivity contribution < 1.29 is 14.3 Å². The molecule has 1 N–H and O–H groups in total. The Labute approximate surface area is 101 Å². The average molecular weight is 235 g/mol. The highest BCUT2D eigenvalue weighted by atomic mass is 16.5. The van der Waals surface area contributed by atoms with Crippen molar-refractivity contribution >= 4 is 11.7 Å². The van der Waals surface area contributed by atoms with Crippen molar-refractivity contribution in [1.29, 1.82) is 0 Å². The average Bonchev–Trinajstić information content (AvgIpc) is 2.40. The lowest BCUT2D eigenvalue weighted by Crippen LogP contribution is -2.51. The minimum atomic E-state index is -0.644. The van der Waals surface area contributed by atoms with Gasteiger partial charge in [-0.05, 0) is 12.1 Å². The standard InChI is InChI=1S/C13H17NO3/c1-16-12(15)13(7-9-17-10-8-13)14-11-5-3-2-4-6-11/h2-6,14H,7-10H2,1H3. The predicted octanol–water partition coefficient (Wildman–Crippen LogP) is 1.82. The molecule has 1 fully saturated rings. The topological polar surface area (TPSA) is 47.6 Å². The van der Waals surface area contributed by atoms with Crippen molar-refractivity contribution in [1.82, 2.24) is 0 Å². The Hall–Kier alpha value is -1.55. The molecular formula is C13H17NO3. The molecule has 0 aliphatic carbocycles. The number of carbonyl (C=O) groups excluding carboxylic acids is 1. The number of anilines is 1. The molecule has 0 aromatic heterocycles. The van der Waals surface area contributed by atoms with E-state index in [0.29, 0.717) is 26.1 Å². The lowest BCUT2D eigenvalue weighted by molar-refractivity contribution is -0.149. The van der Waals surface area contributed by atoms with E-state index in [-0.39, 0.29) is 5.97 Å². The molecule has 1 aliphatic heterocycles. The van der Waals surface area contributed by atoms with Gasteiger partial charge in [-0.1, -0.05) is 18.2 Å². The third-order valence-electron chi connectivity index (χ3n) is 3.08. The summed E-state index contributed by atoms with van der Waals surface area (Å²) >= 11 is 0. The zero-order valence-corrected chi connectivity index (χ0v) is 9.94. The molecule has 4 heteroatoms. The smallest absolute Gasteiger partial charge is 0.331 e. The minimum absolute atomic E-state index is 0.218. The molecule has 0 bridgehead atoms. The predicted molar refractivity (Wildman–Crippen MR) is 64.9 cm³/mol. The summed E-state index contributed by atoms with van der Waals surface area (Å²) in [5.74, 6) is -0.218. The number of methoxy groups -OCH3 is 1. The summed E-state index contributed by atoms with van der Waals surface area (Å²) in [5, 5.41) is 3.29. The summed E-state index contributed by atoms with van der Waals surface area (Å²) in [4.78, 5) is 12.0. The molecule has 17 heavy (non-hydrogen) atoms. The highest BCUT2D eigenvalue weighted by Gasteiger charge is 2.41. The van der Waals surface area contributed by atoms with Crippen molar-refractivity contribution in [3.8, 4) is 0 Å². The fourth-order valence-corrected chi connectivity index (χ4v) is 2.09. The van der Waals surface area contributed by atoms with E-state index in [1.165, 1.54) is 7.11 Å². The molecule has 0 atom stereocenters. The highest BCUT2D eigenvalue weighted by Crippen LogP contribution is 2.27. The Bertz CT molecular complexity index is 372. The number of nitrogens with one attached hydrogen (secondary N) is 1. The van der Waals surface area contributed by atoms with Crippen molar-refractivity contribution in [2.75, 3.05) is 25.6 Å². The zero-order valence-electron chi connectivity index (χ0n) is 9.94. The Morgan fingerprint density at radius 2 is 1.94 bits per heavy atom. The summed E-state index contributed by atoms with van der Waals surface area (Å²) < 4.78 is 10.2. The van der Waals surface area contributed by atoms with Gasteiger partial charge in [0, 0.05) is 31.7 Å². The van der Waals surface area contributed by atoms with E-state index < -0.39 is 5.54 Å². The number of hydrogen-bond donors (Lipinski definition) is 1. The number of rotatable bonds is 3. The van der Waals surface area contributed by atoms with Gasteiger partial charge < -0.3 is 14.8 Å². The first-order valence-corrected chi connectivity index (χ1v) is 5.76. The molecule has 1 aromatic rings. The summed E-state index contributed by atoms with van der Waals surface area (Å²) in [7, 11) is 1.42. The van der Waals surface area contributed by atoms with Crippen LogP contribution in [0.1, 0.15) is 12.8 Å². The van der Waals surface area contributed by atoms with Crippen LogP contribution in [0.15, 0.2) is 30.3 Å². The Balaban J connectivity index is 2.19. The van der Waals surface area contributed by atoms with Crippen LogP contribution in [0, 0.1) is 0 Å². The van der Waals surface area contributed by atoms with E-state index in [2.05, 4.69) is 5.32 Å². The Kier molecular flexibility index (Phi) is 3.64. The Morgan fingerprint density at radius 3 is 2.53 bits per heavy atom. The molecule has 92 valence electrons. The van der Waals surface area contributed by atoms with E-state index in [0.717, 1.165) is 5.69 Å². The first kappa shape index (κ1) is 11.9. The van der Waals surface area contributed by atoms with Crippen LogP contribution < -0.4 is 5.32 Å². The molecule has 1 heterocycles. The van der Waals surface area contributed by atoms with E-state index in [9.17, 15) is 4.79 Å². The summed E-state index contributed by atoms with van der Waals surface area (Å²) in [6.07, 6.45) is 1.27. The van der Waals surface area contributed by atoms with Crippen LogP contribution >= 0.6 is 0 Å². The van der Waals surface area contributed by atoms with Gasteiger partial charge in [-0.3, -0.25) is 0 Å². The van der Waals surface area contributed by atoms with Crippen LogP contribution in [0.3, 0.4) is 0 Å². The number of benzene rings is 1. The second kappa shape index (κ2) is 5.19. The van der Waals surface area contributed by atoms with Gasteiger partial charge in [-0.25, -0.2) is 4.79 Å². The second-order valence-corrected chi connectivity index (χ2v) is 4.18. The summed E-state index contributed by atoms with van der Waals surface area (Å²) in [5.41, 5.74) is 0.286. The number of para-hydroxylation sites is 1. The summed E-state index contributed by atoms with van der Waals surface area (Å²) in [6, 6.07) is 9.71. The first-order chi connectivity index (χ1) is 8.27. The lowest BCUT2D eigenvalue weighted by Gasteiger charge is -2.35. The molecule has 1 aliphatic rings. The van der Waals surface area contributed by atoms with Gasteiger partial charge in [0.05, 0.1) is 7.11 Å². The molecule has 2 rings (SSSR count). The molecule has 0 spiro atoms. The minimum Gasteiger partial charge on any atom is -0.467 e. The maximum atomic E-state index is 12.0. The molecule has 0 saturated carbocycles. The summed E-state index contributed by atoms with van der Waals surface area (Å²) in [6.45, 7) is 1.16. The van der Waals surface area contributed by atoms with Crippen LogP contribution in [0.4, 0.5) is 5.69 Å². The SMILES string of the molecule is COC(=O)C1(Nc2ccccc2)CCOCC1. The van der Waals surface area contributed by atoms with Crippen molar-refractivity contribution in [2.45, 2.75) is 18.4 Å². The third-order valence-corrected chi connectivity index (χ3v) is 3.08.